The van der Waals surface area contributed by atoms with Crippen LogP contribution in [-0.4, -0.2) is 35.3 Å². The number of piperazine rings is 1. The Balaban J connectivity index is 2.03. The van der Waals surface area contributed by atoms with Crippen molar-refractivity contribution in [1.29, 1.82) is 0 Å². The highest BCUT2D eigenvalue weighted by molar-refractivity contribution is 5.97. The van der Waals surface area contributed by atoms with E-state index in [1.807, 2.05) is 37.3 Å². The fourth-order valence-corrected chi connectivity index (χ4v) is 2.32. The number of rotatable bonds is 4. The number of benzene rings is 1. The van der Waals surface area contributed by atoms with Gasteiger partial charge in [0.2, 0.25) is 11.8 Å². The molecule has 2 rings (SSSR count). The molecule has 0 aliphatic carbocycles. The number of hydrogen-bond acceptors (Lipinski definition) is 2. The van der Waals surface area contributed by atoms with E-state index in [0.717, 1.165) is 6.42 Å². The zero-order valence-electron chi connectivity index (χ0n) is 11.5. The Morgan fingerprint density at radius 2 is 1.95 bits per heavy atom. The Hall–Kier alpha value is -1.84. The van der Waals surface area contributed by atoms with Crippen LogP contribution in [-0.2, 0) is 16.0 Å². The van der Waals surface area contributed by atoms with Crippen molar-refractivity contribution in [2.75, 3.05) is 13.1 Å². The minimum atomic E-state index is -0.744. The zero-order chi connectivity index (χ0) is 13.9. The molecule has 19 heavy (non-hydrogen) atoms. The van der Waals surface area contributed by atoms with Crippen LogP contribution in [0.15, 0.2) is 30.3 Å². The van der Waals surface area contributed by atoms with Gasteiger partial charge in [0.25, 0.3) is 0 Å². The fraction of sp³-hybridized carbons (Fsp3) is 0.467. The van der Waals surface area contributed by atoms with Crippen molar-refractivity contribution in [3.63, 3.8) is 0 Å². The number of nitrogens with one attached hydrogen (secondary N) is 1. The van der Waals surface area contributed by atoms with Gasteiger partial charge in [-0.15, -0.1) is 0 Å². The van der Waals surface area contributed by atoms with Crippen LogP contribution in [0.2, 0.25) is 0 Å². The van der Waals surface area contributed by atoms with Crippen molar-refractivity contribution in [2.24, 2.45) is 0 Å². The topological polar surface area (TPSA) is 49.4 Å². The van der Waals surface area contributed by atoms with E-state index in [-0.39, 0.29) is 18.4 Å². The number of amides is 2. The normalized spacial score (nSPS) is 23.4. The summed E-state index contributed by atoms with van der Waals surface area (Å²) in [7, 11) is 0. The van der Waals surface area contributed by atoms with E-state index in [1.54, 1.807) is 11.8 Å². The summed E-state index contributed by atoms with van der Waals surface area (Å²) in [6, 6.07) is 10.0. The second-order valence-electron chi connectivity index (χ2n) is 5.20. The first-order valence-electron chi connectivity index (χ1n) is 6.69. The second kappa shape index (κ2) is 5.43. The zero-order valence-corrected chi connectivity index (χ0v) is 11.5. The lowest BCUT2D eigenvalue weighted by Gasteiger charge is -2.39. The largest absolute Gasteiger partial charge is 0.340 e. The average molecular weight is 260 g/mol. The van der Waals surface area contributed by atoms with Crippen molar-refractivity contribution < 1.29 is 9.59 Å². The van der Waals surface area contributed by atoms with E-state index < -0.39 is 5.54 Å². The number of hydrogen-bond donors (Lipinski definition) is 1. The Labute approximate surface area is 113 Å². The Bertz CT molecular complexity index is 472. The van der Waals surface area contributed by atoms with Crippen LogP contribution in [0.1, 0.15) is 25.8 Å². The highest BCUT2D eigenvalue weighted by Crippen LogP contribution is 2.18. The molecule has 0 aromatic heterocycles. The molecular weight excluding hydrogens is 240 g/mol. The fourth-order valence-electron chi connectivity index (χ4n) is 2.32. The Morgan fingerprint density at radius 3 is 2.58 bits per heavy atom. The molecule has 1 unspecified atom stereocenters. The lowest BCUT2D eigenvalue weighted by Crippen LogP contribution is -2.65. The lowest BCUT2D eigenvalue weighted by atomic mass is 9.94. The van der Waals surface area contributed by atoms with E-state index >= 15 is 0 Å². The molecule has 1 aliphatic rings. The molecule has 1 atom stereocenters. The first-order chi connectivity index (χ1) is 9.05. The molecule has 1 aromatic carbocycles. The monoisotopic (exact) mass is 260 g/mol. The average Bonchev–Trinajstić information content (AvgIpc) is 2.42. The molecule has 2 amide bonds. The van der Waals surface area contributed by atoms with E-state index in [9.17, 15) is 9.59 Å². The van der Waals surface area contributed by atoms with Gasteiger partial charge in [0, 0.05) is 6.54 Å². The van der Waals surface area contributed by atoms with Gasteiger partial charge in [0.15, 0.2) is 0 Å². The minimum Gasteiger partial charge on any atom is -0.340 e. The van der Waals surface area contributed by atoms with Gasteiger partial charge in [-0.3, -0.25) is 9.59 Å². The van der Waals surface area contributed by atoms with Crippen LogP contribution in [0.3, 0.4) is 0 Å². The molecule has 0 spiro atoms. The van der Waals surface area contributed by atoms with Gasteiger partial charge in [-0.2, -0.15) is 0 Å². The maximum absolute atomic E-state index is 12.4. The summed E-state index contributed by atoms with van der Waals surface area (Å²) in [5.74, 6) is -0.0532. The van der Waals surface area contributed by atoms with Crippen LogP contribution in [0, 0.1) is 0 Å². The van der Waals surface area contributed by atoms with Crippen LogP contribution in [0.4, 0.5) is 0 Å². The standard InChI is InChI=1S/C15H20N2O2/c1-3-15(2)14(19)17(11-13(18)16-15)10-9-12-7-5-4-6-8-12/h4-8H,3,9-11H2,1-2H3,(H,16,18). The predicted molar refractivity (Wildman–Crippen MR) is 73.6 cm³/mol. The van der Waals surface area contributed by atoms with Crippen molar-refractivity contribution in [3.8, 4) is 0 Å². The summed E-state index contributed by atoms with van der Waals surface area (Å²) in [4.78, 5) is 25.7. The lowest BCUT2D eigenvalue weighted by molar-refractivity contribution is -0.149. The van der Waals surface area contributed by atoms with E-state index in [2.05, 4.69) is 5.32 Å². The molecule has 1 N–H and O–H groups in total. The molecule has 0 bridgehead atoms. The molecule has 0 saturated carbocycles. The third-order valence-electron chi connectivity index (χ3n) is 3.73. The van der Waals surface area contributed by atoms with Crippen molar-refractivity contribution in [2.45, 2.75) is 32.2 Å². The van der Waals surface area contributed by atoms with Crippen molar-refractivity contribution >= 4 is 11.8 Å². The third-order valence-corrected chi connectivity index (χ3v) is 3.73. The molecular formula is C15H20N2O2. The van der Waals surface area contributed by atoms with Crippen LogP contribution in [0.25, 0.3) is 0 Å². The molecule has 1 saturated heterocycles. The molecule has 1 aliphatic heterocycles. The second-order valence-corrected chi connectivity index (χ2v) is 5.20. The van der Waals surface area contributed by atoms with E-state index in [0.29, 0.717) is 13.0 Å². The number of carbonyl (C=O) groups excluding carboxylic acids is 2. The Kier molecular flexibility index (Phi) is 3.88. The summed E-state index contributed by atoms with van der Waals surface area (Å²) in [6.07, 6.45) is 1.39. The number of nitrogens with zero attached hydrogens (tertiary/aromatic N) is 1. The highest BCUT2D eigenvalue weighted by Gasteiger charge is 2.41. The molecule has 4 heteroatoms. The molecule has 1 heterocycles. The van der Waals surface area contributed by atoms with Gasteiger partial charge in [-0.1, -0.05) is 37.3 Å². The number of carbonyl (C=O) groups is 2. The summed E-state index contributed by atoms with van der Waals surface area (Å²) in [5, 5.41) is 2.79. The van der Waals surface area contributed by atoms with Crippen LogP contribution >= 0.6 is 0 Å². The first kappa shape index (κ1) is 13.6. The van der Waals surface area contributed by atoms with Gasteiger partial charge >= 0.3 is 0 Å². The van der Waals surface area contributed by atoms with Gasteiger partial charge in [0.1, 0.15) is 5.54 Å². The first-order valence-corrected chi connectivity index (χ1v) is 6.69. The maximum atomic E-state index is 12.4. The molecule has 102 valence electrons. The van der Waals surface area contributed by atoms with Crippen molar-refractivity contribution in [1.82, 2.24) is 10.2 Å². The van der Waals surface area contributed by atoms with Crippen LogP contribution < -0.4 is 5.32 Å². The SMILES string of the molecule is CCC1(C)NC(=O)CN(CCc2ccccc2)C1=O. The minimum absolute atomic E-state index is 0.0190. The van der Waals surface area contributed by atoms with Crippen molar-refractivity contribution in [3.05, 3.63) is 35.9 Å². The van der Waals surface area contributed by atoms with E-state index in [1.165, 1.54) is 5.56 Å². The van der Waals surface area contributed by atoms with Gasteiger partial charge < -0.3 is 10.2 Å². The Morgan fingerprint density at radius 1 is 1.26 bits per heavy atom. The molecule has 1 aromatic rings. The smallest absolute Gasteiger partial charge is 0.248 e. The van der Waals surface area contributed by atoms with Gasteiger partial charge in [0.05, 0.1) is 6.54 Å². The van der Waals surface area contributed by atoms with Crippen LogP contribution in [0.5, 0.6) is 0 Å². The summed E-state index contributed by atoms with van der Waals surface area (Å²) < 4.78 is 0. The van der Waals surface area contributed by atoms with Gasteiger partial charge in [-0.25, -0.2) is 0 Å². The maximum Gasteiger partial charge on any atom is 0.248 e. The quantitative estimate of drug-likeness (QED) is 0.888. The van der Waals surface area contributed by atoms with E-state index in [4.69, 9.17) is 0 Å². The van der Waals surface area contributed by atoms with Gasteiger partial charge in [-0.05, 0) is 25.3 Å². The summed E-state index contributed by atoms with van der Waals surface area (Å²) in [6.45, 7) is 4.47. The third kappa shape index (κ3) is 2.95. The molecule has 1 fully saturated rings. The summed E-state index contributed by atoms with van der Waals surface area (Å²) >= 11 is 0. The molecule has 4 nitrogen and oxygen atoms in total. The predicted octanol–water partition coefficient (Wildman–Crippen LogP) is 1.36. The molecule has 0 radical (unpaired) electrons. The highest BCUT2D eigenvalue weighted by atomic mass is 16.2. The summed E-state index contributed by atoms with van der Waals surface area (Å²) in [5.41, 5.74) is 0.436.